The van der Waals surface area contributed by atoms with Crippen LogP contribution in [0.15, 0.2) is 30.3 Å². The molecule has 0 aromatic heterocycles. The lowest BCUT2D eigenvalue weighted by Gasteiger charge is -2.21. The lowest BCUT2D eigenvalue weighted by Crippen LogP contribution is -2.37. The molecule has 0 aliphatic heterocycles. The maximum atomic E-state index is 11.8. The van der Waals surface area contributed by atoms with Crippen molar-refractivity contribution in [1.29, 1.82) is 5.26 Å². The van der Waals surface area contributed by atoms with Crippen LogP contribution in [0.4, 0.5) is 0 Å². The third kappa shape index (κ3) is 6.03. The fourth-order valence-corrected chi connectivity index (χ4v) is 1.74. The van der Waals surface area contributed by atoms with Gasteiger partial charge in [-0.1, -0.05) is 30.3 Å². The van der Waals surface area contributed by atoms with Gasteiger partial charge >= 0.3 is 0 Å². The van der Waals surface area contributed by atoms with Crippen molar-refractivity contribution in [3.63, 3.8) is 0 Å². The van der Waals surface area contributed by atoms with E-state index in [2.05, 4.69) is 12.1 Å². The molecule has 1 aromatic rings. The number of carbonyl (C=O) groups excluding carboxylic acids is 1. The largest absolute Gasteiger partial charge is 0.344 e. The molecule has 4 heteroatoms. The van der Waals surface area contributed by atoms with Gasteiger partial charge in [0.1, 0.15) is 0 Å². The molecular formula is C15H21N3O. The van der Waals surface area contributed by atoms with E-state index in [4.69, 9.17) is 5.26 Å². The second-order valence-electron chi connectivity index (χ2n) is 4.70. The molecule has 0 saturated carbocycles. The SMILES string of the molecule is CN(CCc1ccccc1)CC(=O)N(C)CCC#N. The van der Waals surface area contributed by atoms with Gasteiger partial charge in [0.25, 0.3) is 0 Å². The maximum absolute atomic E-state index is 11.8. The van der Waals surface area contributed by atoms with E-state index in [0.29, 0.717) is 19.5 Å². The molecule has 0 heterocycles. The summed E-state index contributed by atoms with van der Waals surface area (Å²) in [5.41, 5.74) is 1.28. The first-order valence-electron chi connectivity index (χ1n) is 6.47. The van der Waals surface area contributed by atoms with Gasteiger partial charge in [0.2, 0.25) is 5.91 Å². The molecular weight excluding hydrogens is 238 g/mol. The Balaban J connectivity index is 2.29. The normalized spacial score (nSPS) is 10.2. The standard InChI is InChI=1S/C15H21N3O/c1-17(12-9-14-7-4-3-5-8-14)13-15(19)18(2)11-6-10-16/h3-5,7-8H,6,9,11-13H2,1-2H3. The van der Waals surface area contributed by atoms with E-state index in [9.17, 15) is 4.79 Å². The van der Waals surface area contributed by atoms with Crippen molar-refractivity contribution in [2.75, 3.05) is 33.7 Å². The number of nitriles is 1. The van der Waals surface area contributed by atoms with Crippen LogP contribution >= 0.6 is 0 Å². The first-order chi connectivity index (χ1) is 9.13. The molecule has 0 fully saturated rings. The topological polar surface area (TPSA) is 47.3 Å². The second-order valence-corrected chi connectivity index (χ2v) is 4.70. The first kappa shape index (κ1) is 15.2. The van der Waals surface area contributed by atoms with Gasteiger partial charge in [-0.3, -0.25) is 9.69 Å². The van der Waals surface area contributed by atoms with Crippen molar-refractivity contribution >= 4 is 5.91 Å². The smallest absolute Gasteiger partial charge is 0.236 e. The molecule has 0 aliphatic rings. The Labute approximate surface area is 115 Å². The van der Waals surface area contributed by atoms with Gasteiger partial charge in [-0.2, -0.15) is 5.26 Å². The zero-order valence-electron chi connectivity index (χ0n) is 11.7. The number of likely N-dealkylation sites (N-methyl/N-ethyl adjacent to an activating group) is 2. The first-order valence-corrected chi connectivity index (χ1v) is 6.47. The highest BCUT2D eigenvalue weighted by molar-refractivity contribution is 5.77. The van der Waals surface area contributed by atoms with E-state index < -0.39 is 0 Å². The molecule has 102 valence electrons. The molecule has 4 nitrogen and oxygen atoms in total. The van der Waals surface area contributed by atoms with Gasteiger partial charge in [0.05, 0.1) is 19.0 Å². The van der Waals surface area contributed by atoms with Crippen molar-refractivity contribution in [2.45, 2.75) is 12.8 Å². The lowest BCUT2D eigenvalue weighted by atomic mass is 10.1. The average Bonchev–Trinajstić information content (AvgIpc) is 2.43. The molecule has 0 aliphatic carbocycles. The van der Waals surface area contributed by atoms with Crippen molar-refractivity contribution in [3.8, 4) is 6.07 Å². The van der Waals surface area contributed by atoms with Crippen LogP contribution in [0, 0.1) is 11.3 Å². The van der Waals surface area contributed by atoms with E-state index in [0.717, 1.165) is 13.0 Å². The lowest BCUT2D eigenvalue weighted by molar-refractivity contribution is -0.130. The van der Waals surface area contributed by atoms with Crippen molar-refractivity contribution in [1.82, 2.24) is 9.80 Å². The van der Waals surface area contributed by atoms with Gasteiger partial charge in [-0.15, -0.1) is 0 Å². The third-order valence-electron chi connectivity index (χ3n) is 3.01. The van der Waals surface area contributed by atoms with Crippen LogP contribution in [0.5, 0.6) is 0 Å². The van der Waals surface area contributed by atoms with Crippen LogP contribution in [0.1, 0.15) is 12.0 Å². The Morgan fingerprint density at radius 1 is 1.21 bits per heavy atom. The minimum absolute atomic E-state index is 0.0609. The van der Waals surface area contributed by atoms with E-state index in [-0.39, 0.29) is 5.91 Å². The van der Waals surface area contributed by atoms with Crippen LogP contribution in [0.3, 0.4) is 0 Å². The zero-order valence-corrected chi connectivity index (χ0v) is 11.7. The number of nitrogens with zero attached hydrogens (tertiary/aromatic N) is 3. The van der Waals surface area contributed by atoms with Crippen molar-refractivity contribution in [3.05, 3.63) is 35.9 Å². The average molecular weight is 259 g/mol. The highest BCUT2D eigenvalue weighted by Crippen LogP contribution is 2.01. The number of amides is 1. The van der Waals surface area contributed by atoms with Crippen LogP contribution in [0.2, 0.25) is 0 Å². The van der Waals surface area contributed by atoms with Crippen molar-refractivity contribution in [2.24, 2.45) is 0 Å². The minimum atomic E-state index is 0.0609. The Kier molecular flexibility index (Phi) is 6.62. The number of carbonyl (C=O) groups is 1. The highest BCUT2D eigenvalue weighted by atomic mass is 16.2. The van der Waals surface area contributed by atoms with Crippen molar-refractivity contribution < 1.29 is 4.79 Å². The molecule has 1 rings (SSSR count). The summed E-state index contributed by atoms with van der Waals surface area (Å²) in [7, 11) is 3.68. The van der Waals surface area contributed by atoms with Gasteiger partial charge in [-0.05, 0) is 19.0 Å². The summed E-state index contributed by atoms with van der Waals surface area (Å²) >= 11 is 0. The summed E-state index contributed by atoms with van der Waals surface area (Å²) in [5, 5.41) is 8.49. The van der Waals surface area contributed by atoms with Gasteiger partial charge < -0.3 is 4.90 Å². The maximum Gasteiger partial charge on any atom is 0.236 e. The molecule has 0 bridgehead atoms. The van der Waals surface area contributed by atoms with Crippen LogP contribution in [-0.4, -0.2) is 49.4 Å². The summed E-state index contributed by atoms with van der Waals surface area (Å²) < 4.78 is 0. The highest BCUT2D eigenvalue weighted by Gasteiger charge is 2.11. The summed E-state index contributed by atoms with van der Waals surface area (Å²) in [4.78, 5) is 15.5. The van der Waals surface area contributed by atoms with E-state index in [1.165, 1.54) is 5.56 Å². The number of benzene rings is 1. The van der Waals surface area contributed by atoms with Crippen LogP contribution in [0.25, 0.3) is 0 Å². The number of rotatable bonds is 7. The molecule has 19 heavy (non-hydrogen) atoms. The summed E-state index contributed by atoms with van der Waals surface area (Å²) in [5.74, 6) is 0.0609. The molecule has 1 aromatic carbocycles. The monoisotopic (exact) mass is 259 g/mol. The predicted octanol–water partition coefficient (Wildman–Crippen LogP) is 1.53. The molecule has 0 N–H and O–H groups in total. The van der Waals surface area contributed by atoms with Gasteiger partial charge in [-0.25, -0.2) is 0 Å². The third-order valence-corrected chi connectivity index (χ3v) is 3.01. The van der Waals surface area contributed by atoms with Crippen LogP contribution < -0.4 is 0 Å². The summed E-state index contributed by atoms with van der Waals surface area (Å²) in [6, 6.07) is 12.3. The van der Waals surface area contributed by atoms with E-state index >= 15 is 0 Å². The molecule has 0 spiro atoms. The Bertz CT molecular complexity index is 425. The fraction of sp³-hybridized carbons (Fsp3) is 0.467. The van der Waals surface area contributed by atoms with Gasteiger partial charge in [0.15, 0.2) is 0 Å². The van der Waals surface area contributed by atoms with Gasteiger partial charge in [0, 0.05) is 20.1 Å². The number of hydrogen-bond acceptors (Lipinski definition) is 3. The predicted molar refractivity (Wildman–Crippen MR) is 75.5 cm³/mol. The Morgan fingerprint density at radius 3 is 2.53 bits per heavy atom. The Hall–Kier alpha value is -1.86. The summed E-state index contributed by atoms with van der Waals surface area (Å²) in [6.07, 6.45) is 1.32. The van der Waals surface area contributed by atoms with E-state index in [1.54, 1.807) is 11.9 Å². The fourth-order valence-electron chi connectivity index (χ4n) is 1.74. The molecule has 0 radical (unpaired) electrons. The zero-order chi connectivity index (χ0) is 14.1. The molecule has 1 amide bonds. The quantitative estimate of drug-likeness (QED) is 0.746. The molecule has 0 saturated heterocycles. The Morgan fingerprint density at radius 2 is 1.89 bits per heavy atom. The number of hydrogen-bond donors (Lipinski definition) is 0. The second kappa shape index (κ2) is 8.28. The minimum Gasteiger partial charge on any atom is -0.344 e. The molecule has 0 atom stereocenters. The van der Waals surface area contributed by atoms with Crippen LogP contribution in [-0.2, 0) is 11.2 Å². The van der Waals surface area contributed by atoms with E-state index in [1.807, 2.05) is 36.2 Å². The molecule has 0 unspecified atom stereocenters. The summed E-state index contributed by atoms with van der Waals surface area (Å²) in [6.45, 7) is 1.75.